The highest BCUT2D eigenvalue weighted by atomic mass is 16.6. The quantitative estimate of drug-likeness (QED) is 0.776. The number of hydrogen-bond acceptors (Lipinski definition) is 3. The molecule has 0 radical (unpaired) electrons. The van der Waals surface area contributed by atoms with Crippen molar-refractivity contribution in [1.82, 2.24) is 0 Å². The minimum absolute atomic E-state index is 0.237. The SMILES string of the molecule is Cc1cccc(C)c1N1CCC(ON)CC1. The number of benzene rings is 1. The molecule has 0 amide bonds. The van der Waals surface area contributed by atoms with Gasteiger partial charge in [-0.05, 0) is 37.8 Å². The summed E-state index contributed by atoms with van der Waals surface area (Å²) >= 11 is 0. The van der Waals surface area contributed by atoms with Gasteiger partial charge in [-0.2, -0.15) is 0 Å². The Labute approximate surface area is 97.1 Å². The smallest absolute Gasteiger partial charge is 0.0821 e. The molecule has 2 N–H and O–H groups in total. The number of aryl methyl sites for hydroxylation is 2. The molecule has 1 aromatic carbocycles. The van der Waals surface area contributed by atoms with Crippen molar-refractivity contribution in [2.45, 2.75) is 32.8 Å². The zero-order chi connectivity index (χ0) is 11.5. The van der Waals surface area contributed by atoms with E-state index in [2.05, 4.69) is 36.9 Å². The van der Waals surface area contributed by atoms with Gasteiger partial charge in [0.25, 0.3) is 0 Å². The lowest BCUT2D eigenvalue weighted by molar-refractivity contribution is 0.0367. The van der Waals surface area contributed by atoms with E-state index in [4.69, 9.17) is 10.7 Å². The predicted molar refractivity (Wildman–Crippen MR) is 66.4 cm³/mol. The fraction of sp³-hybridized carbons (Fsp3) is 0.538. The first kappa shape index (κ1) is 11.4. The van der Waals surface area contributed by atoms with Crippen LogP contribution < -0.4 is 10.8 Å². The molecule has 3 nitrogen and oxygen atoms in total. The second-order valence-electron chi connectivity index (χ2n) is 4.56. The van der Waals surface area contributed by atoms with Crippen LogP contribution in [0.1, 0.15) is 24.0 Å². The van der Waals surface area contributed by atoms with Gasteiger partial charge in [-0.25, -0.2) is 5.90 Å². The van der Waals surface area contributed by atoms with E-state index in [1.807, 2.05) is 0 Å². The van der Waals surface area contributed by atoms with Crippen LogP contribution in [0.3, 0.4) is 0 Å². The molecule has 2 rings (SSSR count). The highest BCUT2D eigenvalue weighted by Gasteiger charge is 2.21. The third kappa shape index (κ3) is 2.20. The average Bonchev–Trinajstić information content (AvgIpc) is 2.30. The molecule has 1 aromatic rings. The van der Waals surface area contributed by atoms with Crippen molar-refractivity contribution in [2.75, 3.05) is 18.0 Å². The minimum atomic E-state index is 0.237. The van der Waals surface area contributed by atoms with Gasteiger partial charge in [0, 0.05) is 18.8 Å². The van der Waals surface area contributed by atoms with Crippen molar-refractivity contribution in [3.8, 4) is 0 Å². The van der Waals surface area contributed by atoms with E-state index in [0.29, 0.717) is 0 Å². The van der Waals surface area contributed by atoms with Crippen molar-refractivity contribution in [3.05, 3.63) is 29.3 Å². The first-order chi connectivity index (χ1) is 7.72. The van der Waals surface area contributed by atoms with Crippen LogP contribution in [-0.4, -0.2) is 19.2 Å². The molecule has 88 valence electrons. The van der Waals surface area contributed by atoms with Gasteiger partial charge in [-0.3, -0.25) is 0 Å². The van der Waals surface area contributed by atoms with Crippen LogP contribution in [0.4, 0.5) is 5.69 Å². The van der Waals surface area contributed by atoms with Crippen molar-refractivity contribution in [1.29, 1.82) is 0 Å². The minimum Gasteiger partial charge on any atom is -0.371 e. The molecular formula is C13H20N2O. The summed E-state index contributed by atoms with van der Waals surface area (Å²) in [5.74, 6) is 5.23. The topological polar surface area (TPSA) is 38.5 Å². The van der Waals surface area contributed by atoms with Crippen molar-refractivity contribution < 1.29 is 4.84 Å². The lowest BCUT2D eigenvalue weighted by atomic mass is 10.0. The summed E-state index contributed by atoms with van der Waals surface area (Å²) in [5.41, 5.74) is 4.09. The molecule has 0 aliphatic carbocycles. The van der Waals surface area contributed by atoms with Gasteiger partial charge in [-0.1, -0.05) is 18.2 Å². The van der Waals surface area contributed by atoms with Gasteiger partial charge in [0.15, 0.2) is 0 Å². The Balaban J connectivity index is 2.14. The number of hydrogen-bond donors (Lipinski definition) is 1. The van der Waals surface area contributed by atoms with Gasteiger partial charge in [-0.15, -0.1) is 0 Å². The maximum Gasteiger partial charge on any atom is 0.0821 e. The first-order valence-electron chi connectivity index (χ1n) is 5.89. The predicted octanol–water partition coefficient (Wildman–Crippen LogP) is 2.16. The van der Waals surface area contributed by atoms with E-state index < -0.39 is 0 Å². The molecule has 16 heavy (non-hydrogen) atoms. The monoisotopic (exact) mass is 220 g/mol. The van der Waals surface area contributed by atoms with Crippen LogP contribution in [0.5, 0.6) is 0 Å². The van der Waals surface area contributed by atoms with Gasteiger partial charge >= 0.3 is 0 Å². The Hall–Kier alpha value is -1.06. The summed E-state index contributed by atoms with van der Waals surface area (Å²) < 4.78 is 0. The zero-order valence-corrected chi connectivity index (χ0v) is 10.1. The van der Waals surface area contributed by atoms with Crippen LogP contribution in [-0.2, 0) is 4.84 Å². The fourth-order valence-electron chi connectivity index (χ4n) is 2.52. The second kappa shape index (κ2) is 4.85. The molecule has 1 saturated heterocycles. The molecule has 0 aromatic heterocycles. The zero-order valence-electron chi connectivity index (χ0n) is 10.1. The largest absolute Gasteiger partial charge is 0.371 e. The third-order valence-electron chi connectivity index (χ3n) is 3.39. The maximum atomic E-state index is 5.23. The summed E-state index contributed by atoms with van der Waals surface area (Å²) in [6, 6.07) is 6.46. The molecule has 1 heterocycles. The first-order valence-corrected chi connectivity index (χ1v) is 5.89. The van der Waals surface area contributed by atoms with Crippen LogP contribution in [0.15, 0.2) is 18.2 Å². The number of nitrogens with zero attached hydrogens (tertiary/aromatic N) is 1. The van der Waals surface area contributed by atoms with Crippen LogP contribution >= 0.6 is 0 Å². The van der Waals surface area contributed by atoms with Crippen molar-refractivity contribution in [3.63, 3.8) is 0 Å². The van der Waals surface area contributed by atoms with Crippen LogP contribution in [0.2, 0.25) is 0 Å². The second-order valence-corrected chi connectivity index (χ2v) is 4.56. The van der Waals surface area contributed by atoms with E-state index >= 15 is 0 Å². The Bertz CT molecular complexity index is 337. The Morgan fingerprint density at radius 2 is 1.75 bits per heavy atom. The van der Waals surface area contributed by atoms with Gasteiger partial charge in [0.2, 0.25) is 0 Å². The van der Waals surface area contributed by atoms with E-state index in [0.717, 1.165) is 25.9 Å². The van der Waals surface area contributed by atoms with Crippen molar-refractivity contribution in [2.24, 2.45) is 5.90 Å². The molecule has 1 aliphatic heterocycles. The number of rotatable bonds is 2. The molecule has 0 atom stereocenters. The molecule has 0 saturated carbocycles. The van der Waals surface area contributed by atoms with Gasteiger partial charge in [0.1, 0.15) is 0 Å². The lowest BCUT2D eigenvalue weighted by Gasteiger charge is -2.34. The molecule has 1 fully saturated rings. The Kier molecular flexibility index (Phi) is 3.46. The van der Waals surface area contributed by atoms with Gasteiger partial charge < -0.3 is 9.74 Å². The number of piperidine rings is 1. The number of para-hydroxylation sites is 1. The highest BCUT2D eigenvalue weighted by molar-refractivity contribution is 5.59. The maximum absolute atomic E-state index is 5.23. The van der Waals surface area contributed by atoms with Gasteiger partial charge in [0.05, 0.1) is 6.10 Å². The summed E-state index contributed by atoms with van der Waals surface area (Å²) in [7, 11) is 0. The fourth-order valence-corrected chi connectivity index (χ4v) is 2.52. The Morgan fingerprint density at radius 1 is 1.19 bits per heavy atom. The molecule has 0 unspecified atom stereocenters. The Morgan fingerprint density at radius 3 is 2.25 bits per heavy atom. The molecule has 1 aliphatic rings. The number of anilines is 1. The molecular weight excluding hydrogens is 200 g/mol. The third-order valence-corrected chi connectivity index (χ3v) is 3.39. The normalized spacial score (nSPS) is 17.8. The van der Waals surface area contributed by atoms with E-state index in [-0.39, 0.29) is 6.10 Å². The highest BCUT2D eigenvalue weighted by Crippen LogP contribution is 2.27. The summed E-state index contributed by atoms with van der Waals surface area (Å²) in [6.07, 6.45) is 2.27. The van der Waals surface area contributed by atoms with E-state index in [1.54, 1.807) is 0 Å². The standard InChI is InChI=1S/C13H20N2O/c1-10-4-3-5-11(2)13(10)15-8-6-12(16-14)7-9-15/h3-5,12H,6-9,14H2,1-2H3. The molecule has 3 heteroatoms. The average molecular weight is 220 g/mol. The molecule has 0 bridgehead atoms. The summed E-state index contributed by atoms with van der Waals surface area (Å²) in [4.78, 5) is 7.35. The van der Waals surface area contributed by atoms with Crippen LogP contribution in [0, 0.1) is 13.8 Å². The lowest BCUT2D eigenvalue weighted by Crippen LogP contribution is -2.38. The van der Waals surface area contributed by atoms with E-state index in [1.165, 1.54) is 16.8 Å². The van der Waals surface area contributed by atoms with Crippen LogP contribution in [0.25, 0.3) is 0 Å². The van der Waals surface area contributed by atoms with Crippen molar-refractivity contribution >= 4 is 5.69 Å². The summed E-state index contributed by atoms with van der Waals surface area (Å²) in [5, 5.41) is 0. The van der Waals surface area contributed by atoms with E-state index in [9.17, 15) is 0 Å². The number of nitrogens with two attached hydrogens (primary N) is 1. The molecule has 0 spiro atoms. The summed E-state index contributed by atoms with van der Waals surface area (Å²) in [6.45, 7) is 6.42.